The van der Waals surface area contributed by atoms with E-state index in [1.165, 1.54) is 35.7 Å². The highest BCUT2D eigenvalue weighted by atomic mass is 32.2. The zero-order valence-electron chi connectivity index (χ0n) is 16.4. The van der Waals surface area contributed by atoms with Crippen LogP contribution < -0.4 is 18.5 Å². The highest BCUT2D eigenvalue weighted by Crippen LogP contribution is 2.40. The van der Waals surface area contributed by atoms with Crippen molar-refractivity contribution in [1.82, 2.24) is 0 Å². The first-order chi connectivity index (χ1) is 14.4. The van der Waals surface area contributed by atoms with Gasteiger partial charge in [-0.15, -0.1) is 0 Å². The Balaban J connectivity index is 1.82. The number of anilines is 1. The zero-order chi connectivity index (χ0) is 21.3. The third-order valence-corrected chi connectivity index (χ3v) is 6.84. The molecule has 1 aliphatic heterocycles. The van der Waals surface area contributed by atoms with Gasteiger partial charge in [-0.25, -0.2) is 12.8 Å². The van der Waals surface area contributed by atoms with Crippen LogP contribution in [0.2, 0.25) is 0 Å². The second kappa shape index (κ2) is 7.87. The van der Waals surface area contributed by atoms with Gasteiger partial charge in [0.15, 0.2) is 11.5 Å². The molecule has 0 unspecified atom stereocenters. The lowest BCUT2D eigenvalue weighted by Gasteiger charge is -2.31. The van der Waals surface area contributed by atoms with Crippen molar-refractivity contribution in [1.29, 1.82) is 0 Å². The number of benzene rings is 3. The molecule has 8 heteroatoms. The van der Waals surface area contributed by atoms with E-state index in [0.29, 0.717) is 28.5 Å². The summed E-state index contributed by atoms with van der Waals surface area (Å²) in [5.41, 5.74) is 1.05. The first-order valence-electron chi connectivity index (χ1n) is 9.24. The first kappa shape index (κ1) is 20.0. The lowest BCUT2D eigenvalue weighted by Crippen LogP contribution is -2.33. The molecule has 0 aromatic heterocycles. The maximum absolute atomic E-state index is 13.7. The smallest absolute Gasteiger partial charge is 0.264 e. The Hall–Kier alpha value is -3.26. The number of nitrogens with zero attached hydrogens (tertiary/aromatic N) is 1. The first-order valence-corrected chi connectivity index (χ1v) is 10.7. The molecule has 3 aromatic carbocycles. The van der Waals surface area contributed by atoms with Gasteiger partial charge in [-0.1, -0.05) is 12.1 Å². The lowest BCUT2D eigenvalue weighted by atomic mass is 10.1. The van der Waals surface area contributed by atoms with Crippen molar-refractivity contribution >= 4 is 15.7 Å². The normalized spacial score (nSPS) is 13.7. The summed E-state index contributed by atoms with van der Waals surface area (Å²) in [5.74, 6) is 1.18. The Labute approximate surface area is 174 Å². The molecule has 0 N–H and O–H groups in total. The highest BCUT2D eigenvalue weighted by molar-refractivity contribution is 7.92. The summed E-state index contributed by atoms with van der Waals surface area (Å²) in [6.07, 6.45) is 0. The summed E-state index contributed by atoms with van der Waals surface area (Å²) < 4.78 is 57.9. The van der Waals surface area contributed by atoms with Gasteiger partial charge in [0, 0.05) is 6.07 Å². The molecule has 0 saturated heterocycles. The summed E-state index contributed by atoms with van der Waals surface area (Å²) >= 11 is 0. The number of halogens is 1. The number of methoxy groups -OCH3 is 1. The predicted octanol–water partition coefficient (Wildman–Crippen LogP) is 4.52. The summed E-state index contributed by atoms with van der Waals surface area (Å²) in [4.78, 5) is 0.106. The van der Waals surface area contributed by atoms with Gasteiger partial charge in [-0.05, 0) is 61.0 Å². The fourth-order valence-electron chi connectivity index (χ4n) is 3.33. The van der Waals surface area contributed by atoms with E-state index in [9.17, 15) is 12.8 Å². The van der Waals surface area contributed by atoms with Gasteiger partial charge in [0.1, 0.15) is 11.6 Å². The molecule has 0 bridgehead atoms. The number of rotatable bonds is 6. The van der Waals surface area contributed by atoms with Crippen LogP contribution in [0.4, 0.5) is 10.1 Å². The van der Waals surface area contributed by atoms with E-state index in [-0.39, 0.29) is 11.7 Å². The fourth-order valence-corrected chi connectivity index (χ4v) is 4.97. The largest absolute Gasteiger partial charge is 0.497 e. The topological polar surface area (TPSA) is 65.1 Å². The summed E-state index contributed by atoms with van der Waals surface area (Å²) in [5, 5.41) is 0. The van der Waals surface area contributed by atoms with Crippen LogP contribution in [-0.4, -0.2) is 22.3 Å². The van der Waals surface area contributed by atoms with Crippen molar-refractivity contribution < 1.29 is 27.0 Å². The molecule has 0 amide bonds. The predicted molar refractivity (Wildman–Crippen MR) is 110 cm³/mol. The molecular formula is C22H20FNO5S. The van der Waals surface area contributed by atoms with Crippen LogP contribution in [-0.2, 0) is 10.0 Å². The molecule has 1 aliphatic rings. The summed E-state index contributed by atoms with van der Waals surface area (Å²) in [6.45, 7) is 1.83. The van der Waals surface area contributed by atoms with Crippen molar-refractivity contribution in [2.75, 3.05) is 18.2 Å². The third kappa shape index (κ3) is 3.66. The molecule has 30 heavy (non-hydrogen) atoms. The minimum atomic E-state index is -3.97. The number of hydrogen-bond acceptors (Lipinski definition) is 5. The molecule has 0 radical (unpaired) electrons. The number of fused-ring (bicyclic) bond motifs is 1. The number of hydrogen-bond donors (Lipinski definition) is 0. The average molecular weight is 429 g/mol. The van der Waals surface area contributed by atoms with Gasteiger partial charge in [0.2, 0.25) is 6.79 Å². The highest BCUT2D eigenvalue weighted by Gasteiger charge is 2.31. The van der Waals surface area contributed by atoms with E-state index in [2.05, 4.69) is 0 Å². The van der Waals surface area contributed by atoms with E-state index >= 15 is 0 Å². The Kier molecular flexibility index (Phi) is 5.26. The second-order valence-corrected chi connectivity index (χ2v) is 8.56. The van der Waals surface area contributed by atoms with Crippen molar-refractivity contribution in [3.8, 4) is 17.2 Å². The summed E-state index contributed by atoms with van der Waals surface area (Å²) in [6, 6.07) is 16.3. The molecule has 1 atom stereocenters. The van der Waals surface area contributed by atoms with Gasteiger partial charge < -0.3 is 14.2 Å². The SMILES string of the molecule is COc1ccc(S(=O)(=O)N(c2ccc3c(c2)OCO3)[C@H](C)c2ccc(F)cc2)cc1. The minimum absolute atomic E-state index is 0.0809. The fraction of sp³-hybridized carbons (Fsp3) is 0.182. The van der Waals surface area contributed by atoms with Crippen LogP contribution in [0.1, 0.15) is 18.5 Å². The van der Waals surface area contributed by atoms with Crippen molar-refractivity contribution in [2.45, 2.75) is 17.9 Å². The second-order valence-electron chi connectivity index (χ2n) is 6.74. The van der Waals surface area contributed by atoms with E-state index in [1.54, 1.807) is 49.4 Å². The molecule has 4 rings (SSSR count). The van der Waals surface area contributed by atoms with E-state index in [4.69, 9.17) is 14.2 Å². The standard InChI is InChI=1S/C22H20FNO5S/c1-15(16-3-5-17(23)6-4-16)24(18-7-12-21-22(13-18)29-14-28-21)30(25,26)20-10-8-19(27-2)9-11-20/h3-13,15H,14H2,1-2H3/t15-/m1/s1. The number of ether oxygens (including phenoxy) is 3. The molecule has 156 valence electrons. The van der Waals surface area contributed by atoms with E-state index in [1.807, 2.05) is 0 Å². The molecule has 0 saturated carbocycles. The molecular weight excluding hydrogens is 409 g/mol. The monoisotopic (exact) mass is 429 g/mol. The Morgan fingerprint density at radius 2 is 1.63 bits per heavy atom. The maximum Gasteiger partial charge on any atom is 0.264 e. The van der Waals surface area contributed by atoms with Crippen molar-refractivity contribution in [3.63, 3.8) is 0 Å². The van der Waals surface area contributed by atoms with Gasteiger partial charge in [-0.3, -0.25) is 4.31 Å². The van der Waals surface area contributed by atoms with Gasteiger partial charge in [-0.2, -0.15) is 0 Å². The quantitative estimate of drug-likeness (QED) is 0.577. The Morgan fingerprint density at radius 1 is 0.967 bits per heavy atom. The Bertz CT molecular complexity index is 1150. The average Bonchev–Trinajstić information content (AvgIpc) is 3.22. The van der Waals surface area contributed by atoms with Crippen LogP contribution >= 0.6 is 0 Å². The van der Waals surface area contributed by atoms with Crippen LogP contribution in [0.25, 0.3) is 0 Å². The lowest BCUT2D eigenvalue weighted by molar-refractivity contribution is 0.174. The molecule has 0 spiro atoms. The molecule has 0 aliphatic carbocycles. The maximum atomic E-state index is 13.7. The molecule has 6 nitrogen and oxygen atoms in total. The van der Waals surface area contributed by atoms with Crippen LogP contribution in [0.15, 0.2) is 71.6 Å². The zero-order valence-corrected chi connectivity index (χ0v) is 17.2. The minimum Gasteiger partial charge on any atom is -0.497 e. The third-order valence-electron chi connectivity index (χ3n) is 4.93. The van der Waals surface area contributed by atoms with Crippen LogP contribution in [0.5, 0.6) is 17.2 Å². The van der Waals surface area contributed by atoms with Crippen molar-refractivity contribution in [3.05, 3.63) is 78.1 Å². The van der Waals surface area contributed by atoms with E-state index in [0.717, 1.165) is 0 Å². The molecule has 3 aromatic rings. The van der Waals surface area contributed by atoms with Crippen LogP contribution in [0.3, 0.4) is 0 Å². The van der Waals surface area contributed by atoms with Gasteiger partial charge in [0.25, 0.3) is 10.0 Å². The van der Waals surface area contributed by atoms with E-state index < -0.39 is 21.9 Å². The Morgan fingerprint density at radius 3 is 2.30 bits per heavy atom. The number of sulfonamides is 1. The van der Waals surface area contributed by atoms with Crippen molar-refractivity contribution in [2.24, 2.45) is 0 Å². The molecule has 0 fully saturated rings. The molecule has 1 heterocycles. The van der Waals surface area contributed by atoms with Gasteiger partial charge in [0.05, 0.1) is 23.7 Å². The van der Waals surface area contributed by atoms with Gasteiger partial charge >= 0.3 is 0 Å². The van der Waals surface area contributed by atoms with Crippen LogP contribution in [0, 0.1) is 5.82 Å². The summed E-state index contributed by atoms with van der Waals surface area (Å²) in [7, 11) is -2.45.